The number of benzene rings is 3. The number of rotatable bonds is 9. The van der Waals surface area contributed by atoms with E-state index in [1.807, 2.05) is 30.3 Å². The Balaban J connectivity index is 2.04. The van der Waals surface area contributed by atoms with E-state index in [2.05, 4.69) is 5.32 Å². The molecular formula is C25H25NO7. The standard InChI is InChI=1S/C25H25NO7/c1-3-32-20(27)14-19(25(31)33-4-2)22(24(29)30)26-23(28)21-17-11-7-5-9-15(17)13-16-10-6-8-12-18(16)21/h5-13,19,22H,3-4,14H2,1-2H3,(H,26,28)(H,29,30)/t19-,22+/m1/s1. The van der Waals surface area contributed by atoms with Crippen molar-refractivity contribution in [1.29, 1.82) is 0 Å². The Morgan fingerprint density at radius 3 is 1.94 bits per heavy atom. The van der Waals surface area contributed by atoms with Crippen molar-refractivity contribution in [2.24, 2.45) is 5.92 Å². The fourth-order valence-corrected chi connectivity index (χ4v) is 3.79. The fraction of sp³-hybridized carbons (Fsp3) is 0.280. The highest BCUT2D eigenvalue weighted by molar-refractivity contribution is 6.18. The van der Waals surface area contributed by atoms with E-state index in [9.17, 15) is 24.3 Å². The molecule has 0 aliphatic heterocycles. The topological polar surface area (TPSA) is 119 Å². The third-order valence-electron chi connectivity index (χ3n) is 5.23. The number of amides is 1. The van der Waals surface area contributed by atoms with Crippen molar-refractivity contribution < 1.29 is 33.8 Å². The summed E-state index contributed by atoms with van der Waals surface area (Å²) in [6.45, 7) is 3.22. The number of aliphatic carboxylic acids is 1. The van der Waals surface area contributed by atoms with E-state index in [0.717, 1.165) is 10.8 Å². The lowest BCUT2D eigenvalue weighted by molar-refractivity contribution is -0.159. The third kappa shape index (κ3) is 5.28. The summed E-state index contributed by atoms with van der Waals surface area (Å²) >= 11 is 0. The van der Waals surface area contributed by atoms with Gasteiger partial charge in [-0.1, -0.05) is 48.5 Å². The van der Waals surface area contributed by atoms with E-state index in [1.54, 1.807) is 38.1 Å². The van der Waals surface area contributed by atoms with Gasteiger partial charge in [0.1, 0.15) is 6.04 Å². The van der Waals surface area contributed by atoms with E-state index in [1.165, 1.54) is 0 Å². The summed E-state index contributed by atoms with van der Waals surface area (Å²) in [5, 5.41) is 15.2. The maximum atomic E-state index is 13.4. The first kappa shape index (κ1) is 23.7. The molecule has 2 atom stereocenters. The monoisotopic (exact) mass is 451 g/mol. The smallest absolute Gasteiger partial charge is 0.327 e. The van der Waals surface area contributed by atoms with Crippen LogP contribution in [-0.2, 0) is 23.9 Å². The number of nitrogens with one attached hydrogen (secondary N) is 1. The van der Waals surface area contributed by atoms with Crippen LogP contribution < -0.4 is 5.32 Å². The molecule has 0 heterocycles. The molecule has 0 aromatic heterocycles. The lowest BCUT2D eigenvalue weighted by Gasteiger charge is -2.23. The Morgan fingerprint density at radius 2 is 1.42 bits per heavy atom. The Bertz CT molecular complexity index is 1150. The van der Waals surface area contributed by atoms with E-state index in [0.29, 0.717) is 10.8 Å². The number of carboxylic acids is 1. The molecule has 0 saturated heterocycles. The van der Waals surface area contributed by atoms with Crippen molar-refractivity contribution in [2.75, 3.05) is 13.2 Å². The average Bonchev–Trinajstić information content (AvgIpc) is 2.79. The number of fused-ring (bicyclic) bond motifs is 2. The van der Waals surface area contributed by atoms with Gasteiger partial charge in [0.15, 0.2) is 0 Å². The van der Waals surface area contributed by atoms with Gasteiger partial charge in [-0.3, -0.25) is 14.4 Å². The molecular weight excluding hydrogens is 426 g/mol. The number of hydrogen-bond acceptors (Lipinski definition) is 6. The molecule has 8 heteroatoms. The number of carboxylic acid groups (broad SMARTS) is 1. The Morgan fingerprint density at radius 1 is 0.879 bits per heavy atom. The first-order chi connectivity index (χ1) is 15.9. The molecule has 0 saturated carbocycles. The van der Waals surface area contributed by atoms with Crippen LogP contribution in [0.4, 0.5) is 0 Å². The van der Waals surface area contributed by atoms with Crippen molar-refractivity contribution in [3.05, 3.63) is 60.2 Å². The molecule has 1 amide bonds. The molecule has 0 unspecified atom stereocenters. The minimum atomic E-state index is -1.70. The lowest BCUT2D eigenvalue weighted by atomic mass is 9.93. The number of hydrogen-bond donors (Lipinski definition) is 2. The van der Waals surface area contributed by atoms with Crippen LogP contribution in [0.1, 0.15) is 30.6 Å². The molecule has 2 N–H and O–H groups in total. The second-order valence-corrected chi connectivity index (χ2v) is 7.35. The maximum absolute atomic E-state index is 13.4. The molecule has 0 bridgehead atoms. The van der Waals surface area contributed by atoms with Crippen LogP contribution in [0.2, 0.25) is 0 Å². The fourth-order valence-electron chi connectivity index (χ4n) is 3.79. The Kier molecular flexibility index (Phi) is 7.61. The number of esters is 2. The minimum absolute atomic E-state index is 0.00754. The summed E-state index contributed by atoms with van der Waals surface area (Å²) in [6, 6.07) is 14.8. The summed E-state index contributed by atoms with van der Waals surface area (Å²) in [5.41, 5.74) is 0.286. The number of carbonyl (C=O) groups is 4. The predicted octanol–water partition coefficient (Wildman–Crippen LogP) is 3.31. The van der Waals surface area contributed by atoms with Crippen LogP contribution in [0, 0.1) is 5.92 Å². The van der Waals surface area contributed by atoms with Crippen LogP contribution >= 0.6 is 0 Å². The predicted molar refractivity (Wildman–Crippen MR) is 122 cm³/mol. The van der Waals surface area contributed by atoms with E-state index < -0.39 is 42.2 Å². The first-order valence-corrected chi connectivity index (χ1v) is 10.6. The van der Waals surface area contributed by atoms with Crippen molar-refractivity contribution in [2.45, 2.75) is 26.3 Å². The van der Waals surface area contributed by atoms with Crippen molar-refractivity contribution in [3.8, 4) is 0 Å². The highest BCUT2D eigenvalue weighted by Crippen LogP contribution is 2.29. The van der Waals surface area contributed by atoms with Gasteiger partial charge in [0.05, 0.1) is 31.1 Å². The summed E-state index contributed by atoms with van der Waals surface area (Å²) in [7, 11) is 0. The normalized spacial score (nSPS) is 12.7. The lowest BCUT2D eigenvalue weighted by Crippen LogP contribution is -2.49. The SMILES string of the molecule is CCOC(=O)C[C@@H](C(=O)OCC)[C@H](NC(=O)c1c2ccccc2cc2ccccc12)C(=O)O. The molecule has 0 aliphatic carbocycles. The van der Waals surface area contributed by atoms with Gasteiger partial charge in [0.25, 0.3) is 5.91 Å². The Labute approximate surface area is 190 Å². The van der Waals surface area contributed by atoms with Gasteiger partial charge in [0, 0.05) is 0 Å². The van der Waals surface area contributed by atoms with Gasteiger partial charge in [-0.25, -0.2) is 4.79 Å². The summed E-state index contributed by atoms with van der Waals surface area (Å²) in [6.07, 6.45) is -0.541. The molecule has 3 aromatic rings. The molecule has 33 heavy (non-hydrogen) atoms. The quantitative estimate of drug-likeness (QED) is 0.378. The average molecular weight is 451 g/mol. The van der Waals surface area contributed by atoms with Gasteiger partial charge >= 0.3 is 17.9 Å². The molecule has 3 rings (SSSR count). The van der Waals surface area contributed by atoms with Crippen LogP contribution in [0.15, 0.2) is 54.6 Å². The largest absolute Gasteiger partial charge is 0.480 e. The van der Waals surface area contributed by atoms with Crippen molar-refractivity contribution in [1.82, 2.24) is 5.32 Å². The van der Waals surface area contributed by atoms with Crippen molar-refractivity contribution in [3.63, 3.8) is 0 Å². The first-order valence-electron chi connectivity index (χ1n) is 10.6. The second kappa shape index (κ2) is 10.6. The van der Waals surface area contributed by atoms with Crippen molar-refractivity contribution >= 4 is 45.4 Å². The minimum Gasteiger partial charge on any atom is -0.480 e. The Hall–Kier alpha value is -3.94. The zero-order valence-electron chi connectivity index (χ0n) is 18.4. The summed E-state index contributed by atoms with van der Waals surface area (Å²) in [4.78, 5) is 50.1. The molecule has 0 aliphatic rings. The molecule has 0 spiro atoms. The molecule has 0 radical (unpaired) electrons. The van der Waals surface area contributed by atoms with Crippen LogP contribution in [-0.4, -0.2) is 48.2 Å². The van der Waals surface area contributed by atoms with Gasteiger partial charge in [-0.05, 0) is 41.5 Å². The van der Waals surface area contributed by atoms with Gasteiger partial charge in [-0.2, -0.15) is 0 Å². The van der Waals surface area contributed by atoms with Gasteiger partial charge in [-0.15, -0.1) is 0 Å². The number of carbonyl (C=O) groups excluding carboxylic acids is 3. The molecule has 0 fully saturated rings. The molecule has 172 valence electrons. The van der Waals surface area contributed by atoms with Gasteiger partial charge < -0.3 is 19.9 Å². The summed E-state index contributed by atoms with van der Waals surface area (Å²) in [5.74, 6) is -5.25. The van der Waals surface area contributed by atoms with Crippen LogP contribution in [0.25, 0.3) is 21.5 Å². The van der Waals surface area contributed by atoms with E-state index >= 15 is 0 Å². The van der Waals surface area contributed by atoms with Gasteiger partial charge in [0.2, 0.25) is 0 Å². The second-order valence-electron chi connectivity index (χ2n) is 7.35. The van der Waals surface area contributed by atoms with Crippen LogP contribution in [0.3, 0.4) is 0 Å². The maximum Gasteiger partial charge on any atom is 0.327 e. The molecule has 8 nitrogen and oxygen atoms in total. The molecule has 3 aromatic carbocycles. The number of ether oxygens (including phenoxy) is 2. The van der Waals surface area contributed by atoms with E-state index in [-0.39, 0.29) is 18.8 Å². The zero-order valence-corrected chi connectivity index (χ0v) is 18.4. The zero-order chi connectivity index (χ0) is 24.0. The van der Waals surface area contributed by atoms with Crippen LogP contribution in [0.5, 0.6) is 0 Å². The highest BCUT2D eigenvalue weighted by atomic mass is 16.5. The third-order valence-corrected chi connectivity index (χ3v) is 5.23. The highest BCUT2D eigenvalue weighted by Gasteiger charge is 2.38. The summed E-state index contributed by atoms with van der Waals surface area (Å²) < 4.78 is 9.86. The van der Waals surface area contributed by atoms with E-state index in [4.69, 9.17) is 9.47 Å².